The van der Waals surface area contributed by atoms with Crippen LogP contribution in [0.5, 0.6) is 0 Å². The molecular formula is C17H19NO. The van der Waals surface area contributed by atoms with Crippen molar-refractivity contribution in [2.45, 2.75) is 26.8 Å². The van der Waals surface area contributed by atoms with Crippen LogP contribution < -0.4 is 5.32 Å². The largest absolute Gasteiger partial charge is 0.352 e. The van der Waals surface area contributed by atoms with Gasteiger partial charge in [-0.15, -0.1) is 0 Å². The highest BCUT2D eigenvalue weighted by molar-refractivity contribution is 5.78. The zero-order chi connectivity index (χ0) is 13.7. The number of rotatable bonds is 4. The van der Waals surface area contributed by atoms with Crippen LogP contribution >= 0.6 is 0 Å². The maximum absolute atomic E-state index is 11.9. The van der Waals surface area contributed by atoms with Gasteiger partial charge in [-0.1, -0.05) is 54.1 Å². The van der Waals surface area contributed by atoms with Crippen molar-refractivity contribution in [2.24, 2.45) is 0 Å². The number of hydrogen-bond acceptors (Lipinski definition) is 1. The summed E-state index contributed by atoms with van der Waals surface area (Å²) >= 11 is 0. The van der Waals surface area contributed by atoms with Gasteiger partial charge in [-0.3, -0.25) is 4.79 Å². The van der Waals surface area contributed by atoms with E-state index >= 15 is 0 Å². The Kier molecular flexibility index (Phi) is 4.35. The summed E-state index contributed by atoms with van der Waals surface area (Å²) in [5, 5.41) is 2.96. The first-order valence-corrected chi connectivity index (χ1v) is 6.52. The molecule has 2 aromatic carbocycles. The lowest BCUT2D eigenvalue weighted by Crippen LogP contribution is -2.24. The van der Waals surface area contributed by atoms with Crippen LogP contribution in [0.4, 0.5) is 0 Å². The highest BCUT2D eigenvalue weighted by Gasteiger charge is 2.05. The van der Waals surface area contributed by atoms with Crippen LogP contribution in [0.15, 0.2) is 48.5 Å². The molecule has 98 valence electrons. The molecule has 0 unspecified atom stereocenters. The van der Waals surface area contributed by atoms with Crippen LogP contribution in [0.25, 0.3) is 0 Å². The van der Waals surface area contributed by atoms with Gasteiger partial charge in [-0.25, -0.2) is 0 Å². The molecule has 0 saturated heterocycles. The van der Waals surface area contributed by atoms with Crippen LogP contribution in [-0.4, -0.2) is 5.91 Å². The SMILES string of the molecule is Cc1ccc(CNC(=O)Cc2ccccc2C)cc1. The fourth-order valence-corrected chi connectivity index (χ4v) is 1.95. The molecule has 2 heteroatoms. The molecule has 19 heavy (non-hydrogen) atoms. The molecular weight excluding hydrogens is 234 g/mol. The second-order valence-corrected chi connectivity index (χ2v) is 4.87. The van der Waals surface area contributed by atoms with Gasteiger partial charge in [0.25, 0.3) is 0 Å². The van der Waals surface area contributed by atoms with Crippen molar-refractivity contribution in [1.29, 1.82) is 0 Å². The minimum Gasteiger partial charge on any atom is -0.352 e. The molecule has 0 atom stereocenters. The summed E-state index contributed by atoms with van der Waals surface area (Å²) in [5.74, 6) is 0.0647. The van der Waals surface area contributed by atoms with Gasteiger partial charge in [0.05, 0.1) is 6.42 Å². The second kappa shape index (κ2) is 6.19. The summed E-state index contributed by atoms with van der Waals surface area (Å²) in [5.41, 5.74) is 4.61. The molecule has 0 aliphatic carbocycles. The summed E-state index contributed by atoms with van der Waals surface area (Å²) < 4.78 is 0. The second-order valence-electron chi connectivity index (χ2n) is 4.87. The van der Waals surface area contributed by atoms with E-state index in [-0.39, 0.29) is 5.91 Å². The van der Waals surface area contributed by atoms with Crippen LogP contribution in [0.1, 0.15) is 22.3 Å². The van der Waals surface area contributed by atoms with Crippen molar-refractivity contribution in [1.82, 2.24) is 5.32 Å². The van der Waals surface area contributed by atoms with Crippen molar-refractivity contribution in [3.05, 3.63) is 70.8 Å². The maximum Gasteiger partial charge on any atom is 0.224 e. The normalized spacial score (nSPS) is 10.2. The number of aryl methyl sites for hydroxylation is 2. The Bertz CT molecular complexity index is 558. The van der Waals surface area contributed by atoms with Gasteiger partial charge in [0, 0.05) is 6.54 Å². The first-order chi connectivity index (χ1) is 9.15. The first kappa shape index (κ1) is 13.3. The van der Waals surface area contributed by atoms with Crippen LogP contribution in [0.3, 0.4) is 0 Å². The summed E-state index contributed by atoms with van der Waals surface area (Å²) in [6.07, 6.45) is 0.443. The van der Waals surface area contributed by atoms with E-state index < -0.39 is 0 Å². The van der Waals surface area contributed by atoms with Gasteiger partial charge in [0.2, 0.25) is 5.91 Å². The number of carbonyl (C=O) groups is 1. The fourth-order valence-electron chi connectivity index (χ4n) is 1.95. The minimum absolute atomic E-state index is 0.0647. The minimum atomic E-state index is 0.0647. The molecule has 1 N–H and O–H groups in total. The molecule has 0 spiro atoms. The molecule has 0 saturated carbocycles. The van der Waals surface area contributed by atoms with Gasteiger partial charge < -0.3 is 5.32 Å². The Balaban J connectivity index is 1.88. The monoisotopic (exact) mass is 253 g/mol. The lowest BCUT2D eigenvalue weighted by atomic mass is 10.1. The van der Waals surface area contributed by atoms with Crippen LogP contribution in [-0.2, 0) is 17.8 Å². The Morgan fingerprint density at radius 1 is 1.00 bits per heavy atom. The predicted molar refractivity (Wildman–Crippen MR) is 77.9 cm³/mol. The van der Waals surface area contributed by atoms with E-state index in [1.807, 2.05) is 43.3 Å². The van der Waals surface area contributed by atoms with E-state index in [9.17, 15) is 4.79 Å². The van der Waals surface area contributed by atoms with Crippen molar-refractivity contribution in [2.75, 3.05) is 0 Å². The predicted octanol–water partition coefficient (Wildman–Crippen LogP) is 3.16. The van der Waals surface area contributed by atoms with Crippen LogP contribution in [0.2, 0.25) is 0 Å². The molecule has 2 rings (SSSR count). The summed E-state index contributed by atoms with van der Waals surface area (Å²) in [6.45, 7) is 4.67. The van der Waals surface area contributed by atoms with E-state index in [1.54, 1.807) is 0 Å². The Hall–Kier alpha value is -2.09. The van der Waals surface area contributed by atoms with Crippen molar-refractivity contribution >= 4 is 5.91 Å². The quantitative estimate of drug-likeness (QED) is 0.891. The third-order valence-corrected chi connectivity index (χ3v) is 3.22. The average Bonchev–Trinajstić information content (AvgIpc) is 2.41. The topological polar surface area (TPSA) is 29.1 Å². The first-order valence-electron chi connectivity index (χ1n) is 6.52. The van der Waals surface area contributed by atoms with Gasteiger partial charge in [0.1, 0.15) is 0 Å². The Morgan fingerprint density at radius 2 is 1.68 bits per heavy atom. The summed E-state index contributed by atoms with van der Waals surface area (Å²) in [7, 11) is 0. The zero-order valence-corrected chi connectivity index (χ0v) is 11.4. The third kappa shape index (κ3) is 3.95. The van der Waals surface area contributed by atoms with E-state index in [2.05, 4.69) is 24.4 Å². The summed E-state index contributed by atoms with van der Waals surface area (Å²) in [6, 6.07) is 16.2. The molecule has 0 aromatic heterocycles. The number of benzene rings is 2. The van der Waals surface area contributed by atoms with Gasteiger partial charge in [-0.2, -0.15) is 0 Å². The Morgan fingerprint density at radius 3 is 2.37 bits per heavy atom. The number of nitrogens with one attached hydrogen (secondary N) is 1. The van der Waals surface area contributed by atoms with E-state index in [0.717, 1.165) is 16.7 Å². The van der Waals surface area contributed by atoms with Gasteiger partial charge >= 0.3 is 0 Å². The molecule has 2 nitrogen and oxygen atoms in total. The van der Waals surface area contributed by atoms with Crippen molar-refractivity contribution in [3.63, 3.8) is 0 Å². The highest BCUT2D eigenvalue weighted by atomic mass is 16.1. The average molecular weight is 253 g/mol. The lowest BCUT2D eigenvalue weighted by Gasteiger charge is -2.07. The molecule has 0 heterocycles. The molecule has 0 aliphatic heterocycles. The molecule has 0 aliphatic rings. The summed E-state index contributed by atoms with van der Waals surface area (Å²) in [4.78, 5) is 11.9. The highest BCUT2D eigenvalue weighted by Crippen LogP contribution is 2.08. The lowest BCUT2D eigenvalue weighted by molar-refractivity contribution is -0.120. The van der Waals surface area contributed by atoms with E-state index in [1.165, 1.54) is 5.56 Å². The van der Waals surface area contributed by atoms with Gasteiger partial charge in [0.15, 0.2) is 0 Å². The molecule has 0 bridgehead atoms. The zero-order valence-electron chi connectivity index (χ0n) is 11.4. The third-order valence-electron chi connectivity index (χ3n) is 3.22. The number of carbonyl (C=O) groups excluding carboxylic acids is 1. The van der Waals surface area contributed by atoms with E-state index in [4.69, 9.17) is 0 Å². The van der Waals surface area contributed by atoms with Crippen molar-refractivity contribution in [3.8, 4) is 0 Å². The molecule has 0 radical (unpaired) electrons. The van der Waals surface area contributed by atoms with Crippen molar-refractivity contribution < 1.29 is 4.79 Å². The standard InChI is InChI=1S/C17H19NO/c1-13-7-9-15(10-8-13)12-18-17(19)11-16-6-4-3-5-14(16)2/h3-10H,11-12H2,1-2H3,(H,18,19). The fraction of sp³-hybridized carbons (Fsp3) is 0.235. The maximum atomic E-state index is 11.9. The smallest absolute Gasteiger partial charge is 0.224 e. The molecule has 1 amide bonds. The number of hydrogen-bond donors (Lipinski definition) is 1. The van der Waals surface area contributed by atoms with Gasteiger partial charge in [-0.05, 0) is 30.5 Å². The number of amides is 1. The molecule has 0 fully saturated rings. The van der Waals surface area contributed by atoms with E-state index in [0.29, 0.717) is 13.0 Å². The Labute approximate surface area is 114 Å². The molecule has 2 aromatic rings. The van der Waals surface area contributed by atoms with Crippen LogP contribution in [0, 0.1) is 13.8 Å².